The summed E-state index contributed by atoms with van der Waals surface area (Å²) in [6.07, 6.45) is 4.09. The first kappa shape index (κ1) is 16.4. The highest BCUT2D eigenvalue weighted by molar-refractivity contribution is 7.89. The summed E-state index contributed by atoms with van der Waals surface area (Å²) in [4.78, 5) is 12.5. The lowest BCUT2D eigenvalue weighted by atomic mass is 10.2. The third-order valence-corrected chi connectivity index (χ3v) is 4.03. The van der Waals surface area contributed by atoms with Crippen molar-refractivity contribution in [2.24, 2.45) is 5.10 Å². The Hall–Kier alpha value is -3.00. The fraction of sp³-hybridized carbons (Fsp3) is 0. The van der Waals surface area contributed by atoms with Crippen LogP contribution in [0.15, 0.2) is 70.7 Å². The molecule has 0 spiro atoms. The molecule has 0 fully saturated rings. The Morgan fingerprint density at radius 2 is 1.70 bits per heavy atom. The zero-order chi connectivity index (χ0) is 16.7. The first-order valence-corrected chi connectivity index (χ1v) is 7.99. The highest BCUT2D eigenvalue weighted by atomic mass is 32.2. The number of para-hydroxylation sites is 1. The van der Waals surface area contributed by atoms with Crippen molar-refractivity contribution < 1.29 is 13.3 Å². The van der Waals surface area contributed by atoms with Gasteiger partial charge in [-0.1, -0.05) is 30.3 Å². The molecule has 0 aliphatic rings. The minimum atomic E-state index is -3.72. The highest BCUT2D eigenvalue weighted by Crippen LogP contribution is 2.18. The van der Waals surface area contributed by atoms with E-state index in [1.807, 2.05) is 0 Å². The number of nitro groups is 1. The van der Waals surface area contributed by atoms with Crippen molar-refractivity contribution in [1.29, 1.82) is 0 Å². The van der Waals surface area contributed by atoms with Crippen LogP contribution in [0.4, 0.5) is 5.69 Å². The van der Waals surface area contributed by atoms with Gasteiger partial charge in [-0.3, -0.25) is 10.1 Å². The zero-order valence-corrected chi connectivity index (χ0v) is 12.7. The molecule has 2 aromatic carbocycles. The van der Waals surface area contributed by atoms with Crippen LogP contribution < -0.4 is 4.83 Å². The maximum Gasteiger partial charge on any atom is 0.276 e. The molecule has 7 nitrogen and oxygen atoms in total. The molecular weight excluding hydrogens is 318 g/mol. The van der Waals surface area contributed by atoms with Crippen LogP contribution in [0.2, 0.25) is 0 Å². The molecule has 2 aromatic rings. The molecule has 0 aliphatic heterocycles. The topological polar surface area (TPSA) is 102 Å². The molecule has 0 bridgehead atoms. The summed E-state index contributed by atoms with van der Waals surface area (Å²) < 4.78 is 23.7. The average Bonchev–Trinajstić information content (AvgIpc) is 2.55. The Morgan fingerprint density at radius 1 is 1.04 bits per heavy atom. The van der Waals surface area contributed by atoms with Crippen LogP contribution >= 0.6 is 0 Å². The molecule has 0 radical (unpaired) electrons. The Kier molecular flexibility index (Phi) is 5.21. The van der Waals surface area contributed by atoms with Gasteiger partial charge in [0.1, 0.15) is 0 Å². The van der Waals surface area contributed by atoms with Gasteiger partial charge in [0.15, 0.2) is 0 Å². The van der Waals surface area contributed by atoms with E-state index in [4.69, 9.17) is 0 Å². The number of benzene rings is 2. The van der Waals surface area contributed by atoms with Gasteiger partial charge in [0.2, 0.25) is 0 Å². The van der Waals surface area contributed by atoms with E-state index in [0.29, 0.717) is 5.56 Å². The second-order valence-corrected chi connectivity index (χ2v) is 6.02. The lowest BCUT2D eigenvalue weighted by Gasteiger charge is -2.01. The fourth-order valence-electron chi connectivity index (χ4n) is 1.74. The van der Waals surface area contributed by atoms with Gasteiger partial charge in [0, 0.05) is 12.3 Å². The number of sulfonamides is 1. The lowest BCUT2D eigenvalue weighted by molar-refractivity contribution is -0.385. The van der Waals surface area contributed by atoms with Gasteiger partial charge in [-0.15, -0.1) is 0 Å². The molecule has 23 heavy (non-hydrogen) atoms. The van der Waals surface area contributed by atoms with E-state index in [1.165, 1.54) is 36.6 Å². The second-order valence-electron chi connectivity index (χ2n) is 4.36. The predicted molar refractivity (Wildman–Crippen MR) is 87.4 cm³/mol. The molecule has 0 aromatic heterocycles. The molecule has 0 saturated carbocycles. The monoisotopic (exact) mass is 331 g/mol. The van der Waals surface area contributed by atoms with Crippen LogP contribution in [0, 0.1) is 10.1 Å². The van der Waals surface area contributed by atoms with Crippen molar-refractivity contribution in [3.05, 3.63) is 76.4 Å². The predicted octanol–water partition coefficient (Wildman–Crippen LogP) is 2.57. The Balaban J connectivity index is 2.04. The molecule has 0 aliphatic carbocycles. The first-order chi connectivity index (χ1) is 11.0. The molecule has 118 valence electrons. The molecule has 2 rings (SSSR count). The number of nitrogens with one attached hydrogen (secondary N) is 1. The Bertz CT molecular complexity index is 846. The molecule has 0 amide bonds. The maximum atomic E-state index is 11.9. The number of hydrogen-bond acceptors (Lipinski definition) is 5. The van der Waals surface area contributed by atoms with Gasteiger partial charge < -0.3 is 0 Å². The van der Waals surface area contributed by atoms with Crippen molar-refractivity contribution in [3.63, 3.8) is 0 Å². The Labute approximate surface area is 133 Å². The normalized spacial score (nSPS) is 11.8. The summed E-state index contributed by atoms with van der Waals surface area (Å²) >= 11 is 0. The second kappa shape index (κ2) is 7.32. The van der Waals surface area contributed by atoms with Crippen LogP contribution in [0.5, 0.6) is 0 Å². The van der Waals surface area contributed by atoms with Gasteiger partial charge in [-0.2, -0.15) is 13.5 Å². The maximum absolute atomic E-state index is 11.9. The van der Waals surface area contributed by atoms with Gasteiger partial charge in [-0.05, 0) is 30.4 Å². The summed E-state index contributed by atoms with van der Waals surface area (Å²) in [5.41, 5.74) is 0.358. The minimum absolute atomic E-state index is 0.0398. The van der Waals surface area contributed by atoms with E-state index in [9.17, 15) is 18.5 Å². The van der Waals surface area contributed by atoms with Crippen LogP contribution in [-0.2, 0) is 10.0 Å². The Morgan fingerprint density at radius 3 is 2.39 bits per heavy atom. The van der Waals surface area contributed by atoms with Gasteiger partial charge in [-0.25, -0.2) is 4.83 Å². The molecule has 8 heteroatoms. The standard InChI is InChI=1S/C15H13N3O4S/c19-18(20)15-11-5-4-7-13(15)8-6-12-16-17-23(21,22)14-9-2-1-3-10-14/h1-12,17H. The highest BCUT2D eigenvalue weighted by Gasteiger charge is 2.11. The van der Waals surface area contributed by atoms with Crippen molar-refractivity contribution in [3.8, 4) is 0 Å². The molecular formula is C15H13N3O4S. The number of rotatable bonds is 6. The van der Waals surface area contributed by atoms with E-state index < -0.39 is 14.9 Å². The minimum Gasteiger partial charge on any atom is -0.258 e. The van der Waals surface area contributed by atoms with Crippen molar-refractivity contribution in [2.45, 2.75) is 4.90 Å². The lowest BCUT2D eigenvalue weighted by Crippen LogP contribution is -2.17. The molecule has 0 saturated heterocycles. The average molecular weight is 331 g/mol. The number of allylic oxidation sites excluding steroid dienone is 1. The summed E-state index contributed by atoms with van der Waals surface area (Å²) in [5, 5.41) is 14.4. The van der Waals surface area contributed by atoms with Crippen molar-refractivity contribution in [1.82, 2.24) is 4.83 Å². The van der Waals surface area contributed by atoms with Crippen LogP contribution in [0.3, 0.4) is 0 Å². The van der Waals surface area contributed by atoms with Crippen LogP contribution in [0.1, 0.15) is 5.56 Å². The number of nitro benzene ring substituents is 1. The smallest absolute Gasteiger partial charge is 0.258 e. The fourth-order valence-corrected chi connectivity index (χ4v) is 2.56. The number of nitrogens with zero attached hydrogens (tertiary/aromatic N) is 2. The quantitative estimate of drug-likeness (QED) is 0.499. The summed E-state index contributed by atoms with van der Waals surface area (Å²) in [7, 11) is -3.72. The summed E-state index contributed by atoms with van der Waals surface area (Å²) in [5.74, 6) is 0. The van der Waals surface area contributed by atoms with Gasteiger partial charge >= 0.3 is 0 Å². The van der Waals surface area contributed by atoms with Gasteiger partial charge in [0.05, 0.1) is 15.4 Å². The van der Waals surface area contributed by atoms with E-state index in [2.05, 4.69) is 9.93 Å². The molecule has 1 N–H and O–H groups in total. The molecule has 0 unspecified atom stereocenters. The van der Waals surface area contributed by atoms with Crippen molar-refractivity contribution >= 4 is 28.0 Å². The SMILES string of the molecule is O=[N+]([O-])c1ccccc1C=CC=NNS(=O)(=O)c1ccccc1. The van der Waals surface area contributed by atoms with Gasteiger partial charge in [0.25, 0.3) is 15.7 Å². The van der Waals surface area contributed by atoms with E-state index in [-0.39, 0.29) is 10.6 Å². The third-order valence-electron chi connectivity index (χ3n) is 2.80. The zero-order valence-electron chi connectivity index (χ0n) is 11.9. The van der Waals surface area contributed by atoms with E-state index >= 15 is 0 Å². The third kappa shape index (κ3) is 4.48. The largest absolute Gasteiger partial charge is 0.276 e. The number of hydrogen-bond donors (Lipinski definition) is 1. The molecule has 0 heterocycles. The van der Waals surface area contributed by atoms with E-state index in [0.717, 1.165) is 0 Å². The van der Waals surface area contributed by atoms with Crippen LogP contribution in [-0.4, -0.2) is 19.6 Å². The van der Waals surface area contributed by atoms with E-state index in [1.54, 1.807) is 36.4 Å². The van der Waals surface area contributed by atoms with Crippen molar-refractivity contribution in [2.75, 3.05) is 0 Å². The first-order valence-electron chi connectivity index (χ1n) is 6.51. The number of hydrazone groups is 1. The summed E-state index contributed by atoms with van der Waals surface area (Å²) in [6.45, 7) is 0. The molecule has 0 atom stereocenters. The van der Waals surface area contributed by atoms with Crippen LogP contribution in [0.25, 0.3) is 6.08 Å². The summed E-state index contributed by atoms with van der Waals surface area (Å²) in [6, 6.07) is 14.0.